The maximum Gasteiger partial charge on any atom is 0.338 e. The average Bonchev–Trinajstić information content (AvgIpc) is 2.79. The number of halogens is 1. The number of amides is 2. The number of piperidine rings is 1. The minimum atomic E-state index is -0.682. The summed E-state index contributed by atoms with van der Waals surface area (Å²) >= 11 is 0. The lowest BCUT2D eigenvalue weighted by Gasteiger charge is -2.38. The molecule has 1 fully saturated rings. The van der Waals surface area contributed by atoms with Gasteiger partial charge in [-0.15, -0.1) is 0 Å². The molecule has 0 spiro atoms. The van der Waals surface area contributed by atoms with Gasteiger partial charge in [-0.2, -0.15) is 0 Å². The summed E-state index contributed by atoms with van der Waals surface area (Å²) in [6, 6.07) is 10.8. The Bertz CT molecular complexity index is 998. The SMILES string of the molecule is Cc1ccc(NC(=O)COC(=O)c2ccc(OCC(=O)N3[C@H](C)CCC[C@H]3C)cc2)cc1F. The average molecular weight is 457 g/mol. The number of anilines is 1. The molecule has 176 valence electrons. The highest BCUT2D eigenvalue weighted by molar-refractivity contribution is 5.95. The quantitative estimate of drug-likeness (QED) is 0.634. The number of esters is 1. The molecule has 1 aliphatic rings. The molecule has 33 heavy (non-hydrogen) atoms. The van der Waals surface area contributed by atoms with E-state index in [9.17, 15) is 18.8 Å². The minimum Gasteiger partial charge on any atom is -0.484 e. The van der Waals surface area contributed by atoms with Crippen LogP contribution < -0.4 is 10.1 Å². The summed E-state index contributed by atoms with van der Waals surface area (Å²) in [6.07, 6.45) is 3.11. The molecular formula is C25H29FN2O5. The first kappa shape index (κ1) is 24.2. The van der Waals surface area contributed by atoms with Gasteiger partial charge in [-0.1, -0.05) is 6.07 Å². The normalized spacial score (nSPS) is 17.9. The molecule has 7 nitrogen and oxygen atoms in total. The summed E-state index contributed by atoms with van der Waals surface area (Å²) in [7, 11) is 0. The molecule has 1 heterocycles. The van der Waals surface area contributed by atoms with E-state index in [4.69, 9.17) is 9.47 Å². The summed E-state index contributed by atoms with van der Waals surface area (Å²) in [5.74, 6) is -1.30. The van der Waals surface area contributed by atoms with Crippen LogP contribution in [0, 0.1) is 12.7 Å². The molecule has 1 saturated heterocycles. The van der Waals surface area contributed by atoms with E-state index in [1.807, 2.05) is 18.7 Å². The second kappa shape index (κ2) is 10.9. The number of hydrogen-bond donors (Lipinski definition) is 1. The van der Waals surface area contributed by atoms with E-state index < -0.39 is 24.3 Å². The predicted octanol–water partition coefficient (Wildman–Crippen LogP) is 4.10. The molecule has 0 bridgehead atoms. The van der Waals surface area contributed by atoms with Crippen molar-refractivity contribution >= 4 is 23.5 Å². The zero-order valence-corrected chi connectivity index (χ0v) is 19.1. The van der Waals surface area contributed by atoms with Gasteiger partial charge >= 0.3 is 5.97 Å². The third kappa shape index (κ3) is 6.54. The molecule has 3 rings (SSSR count). The second-order valence-electron chi connectivity index (χ2n) is 8.33. The number of nitrogens with one attached hydrogen (secondary N) is 1. The summed E-state index contributed by atoms with van der Waals surface area (Å²) in [4.78, 5) is 38.6. The molecule has 2 aromatic rings. The van der Waals surface area contributed by atoms with Crippen LogP contribution in [0.3, 0.4) is 0 Å². The van der Waals surface area contributed by atoms with Crippen LogP contribution in [-0.4, -0.2) is 48.0 Å². The largest absolute Gasteiger partial charge is 0.484 e. The number of ether oxygens (including phenoxy) is 2. The van der Waals surface area contributed by atoms with Crippen LogP contribution in [0.15, 0.2) is 42.5 Å². The Balaban J connectivity index is 1.46. The Morgan fingerprint density at radius 2 is 1.70 bits per heavy atom. The van der Waals surface area contributed by atoms with E-state index >= 15 is 0 Å². The monoisotopic (exact) mass is 456 g/mol. The van der Waals surface area contributed by atoms with Crippen LogP contribution in [0.5, 0.6) is 5.75 Å². The van der Waals surface area contributed by atoms with E-state index in [0.29, 0.717) is 11.3 Å². The van der Waals surface area contributed by atoms with E-state index in [1.165, 1.54) is 18.2 Å². The number of nitrogens with zero attached hydrogens (tertiary/aromatic N) is 1. The van der Waals surface area contributed by atoms with Crippen molar-refractivity contribution in [3.63, 3.8) is 0 Å². The fourth-order valence-corrected chi connectivity index (χ4v) is 3.90. The fraction of sp³-hybridized carbons (Fsp3) is 0.400. The van der Waals surface area contributed by atoms with E-state index in [0.717, 1.165) is 19.3 Å². The van der Waals surface area contributed by atoms with Gasteiger partial charge in [0.1, 0.15) is 11.6 Å². The molecule has 2 atom stereocenters. The first-order valence-corrected chi connectivity index (χ1v) is 11.0. The van der Waals surface area contributed by atoms with Gasteiger partial charge in [-0.25, -0.2) is 9.18 Å². The number of carbonyl (C=O) groups is 3. The highest BCUT2D eigenvalue weighted by atomic mass is 19.1. The summed E-state index contributed by atoms with van der Waals surface area (Å²) in [6.45, 7) is 5.14. The molecule has 1 N–H and O–H groups in total. The predicted molar refractivity (Wildman–Crippen MR) is 122 cm³/mol. The van der Waals surface area contributed by atoms with Gasteiger partial charge in [0.2, 0.25) is 0 Å². The van der Waals surface area contributed by atoms with Crippen molar-refractivity contribution in [3.8, 4) is 5.75 Å². The van der Waals surface area contributed by atoms with Crippen LogP contribution in [0.4, 0.5) is 10.1 Å². The highest BCUT2D eigenvalue weighted by Crippen LogP contribution is 2.23. The van der Waals surface area contributed by atoms with Gasteiger partial charge in [0, 0.05) is 17.8 Å². The Kier molecular flexibility index (Phi) is 8.03. The molecule has 0 unspecified atom stereocenters. The second-order valence-corrected chi connectivity index (χ2v) is 8.33. The zero-order valence-electron chi connectivity index (χ0n) is 19.1. The third-order valence-corrected chi connectivity index (χ3v) is 5.72. The van der Waals surface area contributed by atoms with Crippen LogP contribution >= 0.6 is 0 Å². The number of aryl methyl sites for hydroxylation is 1. The van der Waals surface area contributed by atoms with Crippen molar-refractivity contribution in [3.05, 3.63) is 59.4 Å². The van der Waals surface area contributed by atoms with Gasteiger partial charge in [0.05, 0.1) is 5.56 Å². The van der Waals surface area contributed by atoms with Crippen LogP contribution in [0.25, 0.3) is 0 Å². The highest BCUT2D eigenvalue weighted by Gasteiger charge is 2.29. The topological polar surface area (TPSA) is 84.9 Å². The lowest BCUT2D eigenvalue weighted by Crippen LogP contribution is -2.49. The first-order chi connectivity index (χ1) is 15.7. The van der Waals surface area contributed by atoms with Crippen molar-refractivity contribution in [1.82, 2.24) is 4.90 Å². The molecule has 0 radical (unpaired) electrons. The lowest BCUT2D eigenvalue weighted by molar-refractivity contribution is -0.139. The maximum atomic E-state index is 13.6. The summed E-state index contributed by atoms with van der Waals surface area (Å²) in [5.41, 5.74) is 0.983. The van der Waals surface area contributed by atoms with Gasteiger partial charge < -0.3 is 19.7 Å². The van der Waals surface area contributed by atoms with E-state index in [-0.39, 0.29) is 35.8 Å². The van der Waals surface area contributed by atoms with E-state index in [1.54, 1.807) is 31.2 Å². The molecule has 1 aliphatic heterocycles. The van der Waals surface area contributed by atoms with E-state index in [2.05, 4.69) is 5.32 Å². The zero-order chi connectivity index (χ0) is 24.0. The molecule has 0 aromatic heterocycles. The molecule has 2 aromatic carbocycles. The number of likely N-dealkylation sites (tertiary alicyclic amines) is 1. The van der Waals surface area contributed by atoms with Crippen molar-refractivity contribution in [1.29, 1.82) is 0 Å². The number of benzene rings is 2. The van der Waals surface area contributed by atoms with Crippen molar-refractivity contribution in [2.75, 3.05) is 18.5 Å². The molecule has 8 heteroatoms. The number of rotatable bonds is 7. The third-order valence-electron chi connectivity index (χ3n) is 5.72. The van der Waals surface area contributed by atoms with Gasteiger partial charge in [0.15, 0.2) is 13.2 Å². The Labute approximate surface area is 192 Å². The van der Waals surface area contributed by atoms with Gasteiger partial charge in [-0.3, -0.25) is 9.59 Å². The van der Waals surface area contributed by atoms with Gasteiger partial charge in [0.25, 0.3) is 11.8 Å². The molecule has 0 saturated carbocycles. The van der Waals surface area contributed by atoms with Crippen LogP contribution in [-0.2, 0) is 14.3 Å². The summed E-state index contributed by atoms with van der Waals surface area (Å²) < 4.78 is 24.2. The van der Waals surface area contributed by atoms with Crippen LogP contribution in [0.2, 0.25) is 0 Å². The van der Waals surface area contributed by atoms with Crippen molar-refractivity contribution in [2.45, 2.75) is 52.1 Å². The fourth-order valence-electron chi connectivity index (χ4n) is 3.90. The first-order valence-electron chi connectivity index (χ1n) is 11.0. The summed E-state index contributed by atoms with van der Waals surface area (Å²) in [5, 5.41) is 2.47. The number of carbonyl (C=O) groups excluding carboxylic acids is 3. The Morgan fingerprint density at radius 3 is 2.33 bits per heavy atom. The molecule has 2 amide bonds. The van der Waals surface area contributed by atoms with Crippen molar-refractivity contribution in [2.24, 2.45) is 0 Å². The standard InChI is InChI=1S/C25H29FN2O5/c1-16-7-10-20(13-22(16)26)27-23(29)14-33-25(31)19-8-11-21(12-9-19)32-15-24(30)28-17(2)5-4-6-18(28)3/h7-13,17-18H,4-6,14-15H2,1-3H3,(H,27,29)/t17-,18-/m1/s1. The maximum absolute atomic E-state index is 13.6. The lowest BCUT2D eigenvalue weighted by atomic mass is 9.97. The Hall–Kier alpha value is -3.42. The van der Waals surface area contributed by atoms with Gasteiger partial charge in [-0.05, 0) is 82.0 Å². The molecular weight excluding hydrogens is 427 g/mol. The Morgan fingerprint density at radius 1 is 1.03 bits per heavy atom. The minimum absolute atomic E-state index is 0.0577. The van der Waals surface area contributed by atoms with Crippen LogP contribution in [0.1, 0.15) is 49.0 Å². The molecule has 0 aliphatic carbocycles. The smallest absolute Gasteiger partial charge is 0.338 e. The number of hydrogen-bond acceptors (Lipinski definition) is 5. The van der Waals surface area contributed by atoms with Crippen molar-refractivity contribution < 1.29 is 28.2 Å².